The van der Waals surface area contributed by atoms with Gasteiger partial charge in [0.05, 0.1) is 24.2 Å². The van der Waals surface area contributed by atoms with Crippen molar-refractivity contribution in [3.8, 4) is 22.7 Å². The van der Waals surface area contributed by atoms with Gasteiger partial charge in [0.1, 0.15) is 11.6 Å². The second-order valence-electron chi connectivity index (χ2n) is 8.23. The number of rotatable bonds is 6. The molecule has 0 unspecified atom stereocenters. The van der Waals surface area contributed by atoms with Gasteiger partial charge < -0.3 is 14.1 Å². The smallest absolute Gasteiger partial charge is 0.433 e. The van der Waals surface area contributed by atoms with Gasteiger partial charge in [-0.05, 0) is 37.3 Å². The first-order valence-electron chi connectivity index (χ1n) is 11.3. The standard InChI is InChI=1S/C25H19ClF3N7O3/c1-14-30-10-11-34(14)19-9-8-18(12-21(19)38-3)36(39-15(2)37)24-32-23-31-22(25(27,28)29)13-20(35(23)33-24)16-4-6-17(26)7-5-16/h4-13H,1-3H3. The summed E-state index contributed by atoms with van der Waals surface area (Å²) in [7, 11) is 1.47. The van der Waals surface area contributed by atoms with Crippen LogP contribution in [0.2, 0.25) is 5.02 Å². The maximum atomic E-state index is 13.7. The zero-order chi connectivity index (χ0) is 27.9. The lowest BCUT2D eigenvalue weighted by molar-refractivity contribution is -0.142. The third kappa shape index (κ3) is 5.08. The van der Waals surface area contributed by atoms with Gasteiger partial charge in [-0.25, -0.2) is 14.8 Å². The Bertz CT molecular complexity index is 1680. The van der Waals surface area contributed by atoms with Crippen LogP contribution in [-0.4, -0.2) is 42.2 Å². The predicted octanol–water partition coefficient (Wildman–Crippen LogP) is 5.58. The van der Waals surface area contributed by atoms with Crippen LogP contribution in [0.25, 0.3) is 22.7 Å². The third-order valence-corrected chi connectivity index (χ3v) is 5.87. The van der Waals surface area contributed by atoms with Crippen LogP contribution in [-0.2, 0) is 15.8 Å². The van der Waals surface area contributed by atoms with Crippen LogP contribution >= 0.6 is 11.6 Å². The molecule has 2 aromatic carbocycles. The topological polar surface area (TPSA) is 99.7 Å². The van der Waals surface area contributed by atoms with Crippen molar-refractivity contribution in [2.75, 3.05) is 12.2 Å². The maximum absolute atomic E-state index is 13.7. The molecule has 10 nitrogen and oxygen atoms in total. The maximum Gasteiger partial charge on any atom is 0.433 e. The van der Waals surface area contributed by atoms with E-state index in [1.54, 1.807) is 47.3 Å². The van der Waals surface area contributed by atoms with Gasteiger partial charge in [-0.1, -0.05) is 23.7 Å². The van der Waals surface area contributed by atoms with Gasteiger partial charge in [-0.15, -0.1) is 10.2 Å². The van der Waals surface area contributed by atoms with E-state index in [9.17, 15) is 18.0 Å². The minimum Gasteiger partial charge on any atom is -0.494 e. The molecule has 3 aromatic heterocycles. The Morgan fingerprint density at radius 1 is 1.08 bits per heavy atom. The van der Waals surface area contributed by atoms with Gasteiger partial charge in [0.25, 0.3) is 11.7 Å². The van der Waals surface area contributed by atoms with E-state index >= 15 is 0 Å². The van der Waals surface area contributed by atoms with Gasteiger partial charge in [0.15, 0.2) is 5.69 Å². The molecular formula is C25H19ClF3N7O3. The van der Waals surface area contributed by atoms with E-state index in [1.807, 2.05) is 6.92 Å². The summed E-state index contributed by atoms with van der Waals surface area (Å²) in [6.07, 6.45) is -1.36. The van der Waals surface area contributed by atoms with E-state index in [4.69, 9.17) is 21.2 Å². The van der Waals surface area contributed by atoms with Crippen LogP contribution in [0.4, 0.5) is 24.8 Å². The number of hydrogen-bond acceptors (Lipinski definition) is 8. The summed E-state index contributed by atoms with van der Waals surface area (Å²) in [5.74, 6) is -0.209. The molecule has 0 radical (unpaired) electrons. The molecule has 5 aromatic rings. The van der Waals surface area contributed by atoms with E-state index < -0.39 is 17.8 Å². The molecule has 3 heterocycles. The Morgan fingerprint density at radius 2 is 1.82 bits per heavy atom. The van der Waals surface area contributed by atoms with Crippen LogP contribution in [0.1, 0.15) is 18.4 Å². The van der Waals surface area contributed by atoms with Gasteiger partial charge in [-0.3, -0.25) is 0 Å². The SMILES string of the molecule is COc1cc(N(OC(C)=O)c2nc3nc(C(F)(F)F)cc(-c4ccc(Cl)cc4)n3n2)ccc1-n1ccnc1C. The third-order valence-electron chi connectivity index (χ3n) is 5.62. The number of anilines is 2. The molecular weight excluding hydrogens is 539 g/mol. The fourth-order valence-electron chi connectivity index (χ4n) is 3.88. The molecule has 14 heteroatoms. The van der Waals surface area contributed by atoms with Gasteiger partial charge in [-0.2, -0.15) is 22.7 Å². The first-order valence-corrected chi connectivity index (χ1v) is 11.7. The van der Waals surface area contributed by atoms with Crippen molar-refractivity contribution in [2.24, 2.45) is 0 Å². The molecule has 0 amide bonds. The largest absolute Gasteiger partial charge is 0.494 e. The van der Waals surface area contributed by atoms with Crippen LogP contribution in [0.5, 0.6) is 5.75 Å². The van der Waals surface area contributed by atoms with Crippen LogP contribution < -0.4 is 9.80 Å². The number of imidazole rings is 1. The average molecular weight is 558 g/mol. The average Bonchev–Trinajstić information content (AvgIpc) is 3.52. The van der Waals surface area contributed by atoms with Crippen molar-refractivity contribution in [2.45, 2.75) is 20.0 Å². The van der Waals surface area contributed by atoms with Crippen LogP contribution in [0, 0.1) is 6.92 Å². The van der Waals surface area contributed by atoms with Crippen molar-refractivity contribution in [1.82, 2.24) is 29.1 Å². The highest BCUT2D eigenvalue weighted by molar-refractivity contribution is 6.30. The predicted molar refractivity (Wildman–Crippen MR) is 135 cm³/mol. The van der Waals surface area contributed by atoms with E-state index in [2.05, 4.69) is 20.1 Å². The Labute approximate surface area is 224 Å². The number of aryl methyl sites for hydroxylation is 1. The number of carbonyl (C=O) groups is 1. The highest BCUT2D eigenvalue weighted by atomic mass is 35.5. The number of methoxy groups -OCH3 is 1. The molecule has 0 saturated carbocycles. The van der Waals surface area contributed by atoms with E-state index in [0.717, 1.165) is 15.6 Å². The number of benzene rings is 2. The summed E-state index contributed by atoms with van der Waals surface area (Å²) in [5.41, 5.74) is 0.190. The molecule has 0 bridgehead atoms. The van der Waals surface area contributed by atoms with E-state index in [1.165, 1.54) is 26.2 Å². The molecule has 0 aliphatic rings. The Morgan fingerprint density at radius 3 is 2.44 bits per heavy atom. The quantitative estimate of drug-likeness (QED) is 0.249. The molecule has 0 atom stereocenters. The summed E-state index contributed by atoms with van der Waals surface area (Å²) < 4.78 is 49.6. The number of hydrogen-bond donors (Lipinski definition) is 0. The summed E-state index contributed by atoms with van der Waals surface area (Å²) in [4.78, 5) is 29.4. The van der Waals surface area contributed by atoms with Crippen molar-refractivity contribution < 1.29 is 27.5 Å². The summed E-state index contributed by atoms with van der Waals surface area (Å²) in [5, 5.41) is 5.74. The van der Waals surface area contributed by atoms with Crippen LogP contribution in [0.3, 0.4) is 0 Å². The number of halogens is 4. The fourth-order valence-corrected chi connectivity index (χ4v) is 4.00. The summed E-state index contributed by atoms with van der Waals surface area (Å²) in [6.45, 7) is 2.99. The molecule has 0 saturated heterocycles. The van der Waals surface area contributed by atoms with Gasteiger partial charge in [0, 0.05) is 36.0 Å². The highest BCUT2D eigenvalue weighted by Crippen LogP contribution is 2.35. The number of ether oxygens (including phenoxy) is 1. The number of aromatic nitrogens is 6. The van der Waals surface area contributed by atoms with Crippen molar-refractivity contribution in [3.63, 3.8) is 0 Å². The molecule has 39 heavy (non-hydrogen) atoms. The monoisotopic (exact) mass is 557 g/mol. The minimum atomic E-state index is -4.75. The Balaban J connectivity index is 1.67. The van der Waals surface area contributed by atoms with Crippen molar-refractivity contribution >= 4 is 35.0 Å². The Hall–Kier alpha value is -4.65. The summed E-state index contributed by atoms with van der Waals surface area (Å²) >= 11 is 5.96. The van der Waals surface area contributed by atoms with Crippen molar-refractivity contribution in [3.05, 3.63) is 77.5 Å². The van der Waals surface area contributed by atoms with E-state index in [-0.39, 0.29) is 23.1 Å². The highest BCUT2D eigenvalue weighted by Gasteiger charge is 2.35. The van der Waals surface area contributed by atoms with Crippen LogP contribution in [0.15, 0.2) is 60.9 Å². The lowest BCUT2D eigenvalue weighted by Gasteiger charge is -2.20. The zero-order valence-corrected chi connectivity index (χ0v) is 21.4. The molecule has 200 valence electrons. The number of fused-ring (bicyclic) bond motifs is 1. The Kier molecular flexibility index (Phi) is 6.60. The fraction of sp³-hybridized carbons (Fsp3) is 0.160. The normalized spacial score (nSPS) is 11.6. The minimum absolute atomic E-state index is 0.0500. The molecule has 0 fully saturated rings. The lowest BCUT2D eigenvalue weighted by Crippen LogP contribution is -2.22. The number of carbonyl (C=O) groups excluding carboxylic acids is 1. The van der Waals surface area contributed by atoms with Gasteiger partial charge in [0.2, 0.25) is 0 Å². The molecule has 0 N–H and O–H groups in total. The number of alkyl halides is 3. The second-order valence-corrected chi connectivity index (χ2v) is 8.67. The first-order chi connectivity index (χ1) is 18.5. The first kappa shape index (κ1) is 26.0. The van der Waals surface area contributed by atoms with E-state index in [0.29, 0.717) is 27.8 Å². The molecule has 0 spiro atoms. The summed E-state index contributed by atoms with van der Waals surface area (Å²) in [6, 6.07) is 11.9. The van der Waals surface area contributed by atoms with Gasteiger partial charge >= 0.3 is 12.1 Å². The zero-order valence-electron chi connectivity index (χ0n) is 20.6. The van der Waals surface area contributed by atoms with Crippen molar-refractivity contribution in [1.29, 1.82) is 0 Å². The molecule has 0 aliphatic carbocycles. The number of nitrogens with zero attached hydrogens (tertiary/aromatic N) is 7. The molecule has 0 aliphatic heterocycles. The lowest BCUT2D eigenvalue weighted by atomic mass is 10.1. The molecule has 5 rings (SSSR count). The second kappa shape index (κ2) is 9.91.